The molecule has 1 aromatic carbocycles. The predicted molar refractivity (Wildman–Crippen MR) is 141 cm³/mol. The number of carbonyl (C=O) groups is 1. The van der Waals surface area contributed by atoms with Gasteiger partial charge in [0.05, 0.1) is 16.6 Å². The lowest BCUT2D eigenvalue weighted by Crippen LogP contribution is -2.53. The van der Waals surface area contributed by atoms with Gasteiger partial charge in [-0.25, -0.2) is 19.3 Å². The van der Waals surface area contributed by atoms with Crippen LogP contribution < -0.4 is 5.73 Å². The maximum atomic E-state index is 15.8. The van der Waals surface area contributed by atoms with Gasteiger partial charge in [-0.3, -0.25) is 9.69 Å². The van der Waals surface area contributed by atoms with Crippen LogP contribution in [0, 0.1) is 0 Å². The first kappa shape index (κ1) is 27.6. The molecule has 0 aliphatic carbocycles. The number of thioether (sulfide) groups is 1. The highest BCUT2D eigenvalue weighted by atomic mass is 32.2. The number of imidazole rings is 1. The van der Waals surface area contributed by atoms with Crippen LogP contribution >= 0.6 is 11.8 Å². The molecule has 0 atom stereocenters. The second-order valence-electron chi connectivity index (χ2n) is 10.1. The Bertz CT molecular complexity index is 1310. The summed E-state index contributed by atoms with van der Waals surface area (Å²) in [6.45, 7) is 4.20. The summed E-state index contributed by atoms with van der Waals surface area (Å²) >= 11 is 1.48. The molecule has 39 heavy (non-hydrogen) atoms. The Morgan fingerprint density at radius 2 is 1.79 bits per heavy atom. The van der Waals surface area contributed by atoms with E-state index < -0.39 is 23.3 Å². The normalized spacial score (nSPS) is 19.1. The Hall–Kier alpha value is -2.93. The second kappa shape index (κ2) is 10.9. The minimum absolute atomic E-state index is 0.0376. The van der Waals surface area contributed by atoms with E-state index >= 15 is 4.39 Å². The van der Waals surface area contributed by atoms with E-state index in [1.54, 1.807) is 17.3 Å². The molecule has 4 heterocycles. The number of benzene rings is 1. The van der Waals surface area contributed by atoms with Crippen molar-refractivity contribution in [2.24, 2.45) is 0 Å². The van der Waals surface area contributed by atoms with Gasteiger partial charge in [-0.2, -0.15) is 13.2 Å². The third-order valence-electron chi connectivity index (χ3n) is 7.54. The molecule has 2 aliphatic heterocycles. The van der Waals surface area contributed by atoms with Crippen molar-refractivity contribution in [1.29, 1.82) is 0 Å². The van der Waals surface area contributed by atoms with Gasteiger partial charge in [-0.15, -0.1) is 0 Å². The topological polar surface area (TPSA) is 93.2 Å². The van der Waals surface area contributed by atoms with E-state index in [1.165, 1.54) is 17.8 Å². The number of halogens is 4. The molecule has 0 spiro atoms. The molecule has 1 amide bonds. The standard InChI is InChI=1S/C26H31F4N7OS/c1-2-39-24-34-20-13-18(26(28,29)30)3-4-21(20)37(24)19-5-9-36(10-6-19)22(38)25(27)7-11-35(12-8-25)16-17-14-32-23(31)33-15-17/h3-4,13-15,19H,2,5-12,16H2,1H3,(H2,31,32,33). The molecule has 2 aromatic heterocycles. The lowest BCUT2D eigenvalue weighted by atomic mass is 9.90. The first-order valence-corrected chi connectivity index (χ1v) is 14.0. The summed E-state index contributed by atoms with van der Waals surface area (Å²) in [6.07, 6.45) is 0.254. The number of amides is 1. The summed E-state index contributed by atoms with van der Waals surface area (Å²) in [5, 5.41) is 0.664. The number of likely N-dealkylation sites (tertiary alicyclic amines) is 2. The average Bonchev–Trinajstić information content (AvgIpc) is 3.28. The van der Waals surface area contributed by atoms with Crippen LogP contribution in [0.15, 0.2) is 35.7 Å². The third kappa shape index (κ3) is 5.84. The van der Waals surface area contributed by atoms with Gasteiger partial charge in [-0.05, 0) is 36.8 Å². The van der Waals surface area contributed by atoms with Crippen LogP contribution in [-0.4, -0.2) is 72.8 Å². The predicted octanol–water partition coefficient (Wildman–Crippen LogP) is 4.71. The maximum absolute atomic E-state index is 15.8. The average molecular weight is 566 g/mol. The van der Waals surface area contributed by atoms with Crippen molar-refractivity contribution in [2.45, 2.75) is 62.2 Å². The van der Waals surface area contributed by atoms with Crippen LogP contribution in [-0.2, 0) is 17.5 Å². The van der Waals surface area contributed by atoms with Gasteiger partial charge in [0, 0.05) is 69.6 Å². The number of hydrogen-bond donors (Lipinski definition) is 1. The Morgan fingerprint density at radius 3 is 2.41 bits per heavy atom. The van der Waals surface area contributed by atoms with Crippen LogP contribution in [0.3, 0.4) is 0 Å². The number of alkyl halides is 4. The SMILES string of the molecule is CCSc1nc2cc(C(F)(F)F)ccc2n1C1CCN(C(=O)C2(F)CCN(Cc3cnc(N)nc3)CC2)CC1. The molecule has 210 valence electrons. The van der Waals surface area contributed by atoms with Crippen molar-refractivity contribution in [1.82, 2.24) is 29.3 Å². The van der Waals surface area contributed by atoms with E-state index in [2.05, 4.69) is 19.9 Å². The fraction of sp³-hybridized carbons (Fsp3) is 0.538. The van der Waals surface area contributed by atoms with Gasteiger partial charge in [0.1, 0.15) is 0 Å². The van der Waals surface area contributed by atoms with Crippen LogP contribution in [0.2, 0.25) is 0 Å². The lowest BCUT2D eigenvalue weighted by Gasteiger charge is -2.40. The van der Waals surface area contributed by atoms with Crippen molar-refractivity contribution in [3.8, 4) is 0 Å². The summed E-state index contributed by atoms with van der Waals surface area (Å²) < 4.78 is 57.5. The summed E-state index contributed by atoms with van der Waals surface area (Å²) in [7, 11) is 0. The molecule has 2 saturated heterocycles. The number of rotatable bonds is 6. The highest BCUT2D eigenvalue weighted by Crippen LogP contribution is 2.37. The molecule has 8 nitrogen and oxygen atoms in total. The number of fused-ring (bicyclic) bond motifs is 1. The molecule has 13 heteroatoms. The van der Waals surface area contributed by atoms with Gasteiger partial charge in [-0.1, -0.05) is 18.7 Å². The number of carbonyl (C=O) groups excluding carboxylic acids is 1. The number of hydrogen-bond acceptors (Lipinski definition) is 7. The minimum atomic E-state index is -4.44. The van der Waals surface area contributed by atoms with Crippen LogP contribution in [0.5, 0.6) is 0 Å². The summed E-state index contributed by atoms with van der Waals surface area (Å²) in [5.41, 5.74) is 4.73. The minimum Gasteiger partial charge on any atom is -0.368 e. The molecule has 0 unspecified atom stereocenters. The Balaban J connectivity index is 1.23. The molecule has 2 fully saturated rings. The molecule has 2 aliphatic rings. The molecular weight excluding hydrogens is 534 g/mol. The van der Waals surface area contributed by atoms with E-state index in [-0.39, 0.29) is 24.8 Å². The van der Waals surface area contributed by atoms with E-state index in [4.69, 9.17) is 5.73 Å². The van der Waals surface area contributed by atoms with E-state index in [0.717, 1.165) is 23.4 Å². The number of nitrogens with zero attached hydrogens (tertiary/aromatic N) is 6. The lowest BCUT2D eigenvalue weighted by molar-refractivity contribution is -0.149. The molecule has 2 N–H and O–H groups in total. The second-order valence-corrected chi connectivity index (χ2v) is 11.3. The summed E-state index contributed by atoms with van der Waals surface area (Å²) in [4.78, 5) is 29.4. The number of anilines is 1. The van der Waals surface area contributed by atoms with Crippen LogP contribution in [0.1, 0.15) is 49.8 Å². The Kier molecular flexibility index (Phi) is 7.73. The quantitative estimate of drug-likeness (QED) is 0.342. The van der Waals surface area contributed by atoms with Crippen molar-refractivity contribution < 1.29 is 22.4 Å². The first-order chi connectivity index (χ1) is 18.6. The summed E-state index contributed by atoms with van der Waals surface area (Å²) in [5.74, 6) is 0.455. The molecular formula is C26H31F4N7OS. The van der Waals surface area contributed by atoms with E-state index in [9.17, 15) is 18.0 Å². The number of aromatic nitrogens is 4. The van der Waals surface area contributed by atoms with Crippen molar-refractivity contribution in [3.63, 3.8) is 0 Å². The fourth-order valence-electron chi connectivity index (χ4n) is 5.43. The number of nitrogens with two attached hydrogens (primary N) is 1. The number of piperidine rings is 2. The molecule has 5 rings (SSSR count). The van der Waals surface area contributed by atoms with Gasteiger partial charge < -0.3 is 15.2 Å². The Morgan fingerprint density at radius 1 is 1.13 bits per heavy atom. The highest BCUT2D eigenvalue weighted by molar-refractivity contribution is 7.99. The van der Waals surface area contributed by atoms with E-state index in [1.807, 2.05) is 11.5 Å². The van der Waals surface area contributed by atoms with Gasteiger partial charge in [0.2, 0.25) is 5.95 Å². The van der Waals surface area contributed by atoms with Crippen LogP contribution in [0.4, 0.5) is 23.5 Å². The zero-order valence-corrected chi connectivity index (χ0v) is 22.4. The maximum Gasteiger partial charge on any atom is 0.416 e. The smallest absolute Gasteiger partial charge is 0.368 e. The fourth-order valence-corrected chi connectivity index (χ4v) is 6.24. The van der Waals surface area contributed by atoms with Crippen molar-refractivity contribution in [2.75, 3.05) is 37.7 Å². The zero-order chi connectivity index (χ0) is 27.8. The summed E-state index contributed by atoms with van der Waals surface area (Å²) in [6, 6.07) is 3.61. The molecule has 0 bridgehead atoms. The molecule has 0 saturated carbocycles. The van der Waals surface area contributed by atoms with E-state index in [0.29, 0.717) is 61.8 Å². The van der Waals surface area contributed by atoms with Crippen molar-refractivity contribution in [3.05, 3.63) is 41.7 Å². The molecule has 3 aromatic rings. The van der Waals surface area contributed by atoms with Gasteiger partial charge in [0.15, 0.2) is 10.8 Å². The van der Waals surface area contributed by atoms with Crippen molar-refractivity contribution >= 4 is 34.7 Å². The van der Waals surface area contributed by atoms with Gasteiger partial charge in [0.25, 0.3) is 5.91 Å². The highest BCUT2D eigenvalue weighted by Gasteiger charge is 2.45. The third-order valence-corrected chi connectivity index (χ3v) is 8.37. The molecule has 0 radical (unpaired) electrons. The monoisotopic (exact) mass is 565 g/mol. The largest absolute Gasteiger partial charge is 0.416 e. The Labute approximate surface area is 228 Å². The van der Waals surface area contributed by atoms with Gasteiger partial charge >= 0.3 is 6.18 Å². The van der Waals surface area contributed by atoms with Crippen LogP contribution in [0.25, 0.3) is 11.0 Å². The number of nitrogen functional groups attached to an aromatic ring is 1. The first-order valence-electron chi connectivity index (χ1n) is 13.1. The zero-order valence-electron chi connectivity index (χ0n) is 21.6.